The number of aliphatic hydroxyl groups excluding tert-OH is 5. The van der Waals surface area contributed by atoms with Crippen molar-refractivity contribution in [2.45, 2.75) is 236 Å². The summed E-state index contributed by atoms with van der Waals surface area (Å²) in [7, 11) is 0. The van der Waals surface area contributed by atoms with Gasteiger partial charge in [0.25, 0.3) is 0 Å². The molecule has 0 aromatic rings. The zero-order valence-corrected chi connectivity index (χ0v) is 44.4. The van der Waals surface area contributed by atoms with Gasteiger partial charge in [-0.2, -0.15) is 0 Å². The molecule has 1 aliphatic heterocycles. The summed E-state index contributed by atoms with van der Waals surface area (Å²) < 4.78 is 11.2. The maximum Gasteiger partial charge on any atom is 0.220 e. The standard InChI is InChI=1S/C62H101NO8/c1-3-5-7-9-11-13-15-17-18-19-20-21-22-23-24-25-26-27-28-29-30-31-32-33-34-35-36-37-38-40-42-44-46-48-50-52-58(66)63-55(54-70-62-61(69)60(68)59(67)57(53-64)71-62)56(65)51-49-47-45-43-41-39-16-14-12-10-8-6-4-2/h5,7,11-14,17-18,20-21,23-24,26-27,29-30,32-33,41,43,49,51,55-57,59-62,64-65,67-69H,3-4,6,8-10,15-16,19,22,25,28,31,34-40,42,44-48,50,52-54H2,1-2H3,(H,63,66)/b7-5-,13-11-,14-12+,18-17-,21-20-,24-23-,27-26-,30-29-,33-32-,43-41+,51-49+. The van der Waals surface area contributed by atoms with Crippen LogP contribution in [-0.4, -0.2) is 87.5 Å². The van der Waals surface area contributed by atoms with Crippen LogP contribution >= 0.6 is 0 Å². The first kappa shape index (κ1) is 65.3. The number of carbonyl (C=O) groups is 1. The van der Waals surface area contributed by atoms with E-state index >= 15 is 0 Å². The molecular formula is C62H101NO8. The molecule has 1 amide bonds. The summed E-state index contributed by atoms with van der Waals surface area (Å²) in [5, 5.41) is 54.3. The number of allylic oxidation sites excluding steroid dienone is 21. The van der Waals surface area contributed by atoms with Gasteiger partial charge in [0.1, 0.15) is 24.4 Å². The summed E-state index contributed by atoms with van der Waals surface area (Å²) in [4.78, 5) is 13.0. The van der Waals surface area contributed by atoms with Crippen LogP contribution in [0.25, 0.3) is 0 Å². The molecule has 0 aliphatic carbocycles. The van der Waals surface area contributed by atoms with Gasteiger partial charge in [0.05, 0.1) is 25.4 Å². The minimum Gasteiger partial charge on any atom is -0.394 e. The molecule has 1 aliphatic rings. The number of ether oxygens (including phenoxy) is 2. The molecule has 0 aromatic heterocycles. The maximum absolute atomic E-state index is 13.0. The third-order valence-electron chi connectivity index (χ3n) is 12.2. The van der Waals surface area contributed by atoms with Gasteiger partial charge < -0.3 is 40.3 Å². The Hall–Kier alpha value is -3.67. The van der Waals surface area contributed by atoms with Gasteiger partial charge in [-0.1, -0.05) is 212 Å². The van der Waals surface area contributed by atoms with Gasteiger partial charge in [0.15, 0.2) is 6.29 Å². The SMILES string of the molecule is CC/C=C\C/C=C\C/C=C\C/C=C\C/C=C\C/C=C\C/C=C\C/C=C\CCCCCCCCCCCCC(=O)NC(COC1OC(CO)C(O)C(O)C1O)C(O)/C=C/CC/C=C/CC/C=C/CCCCC. The molecule has 1 saturated heterocycles. The minimum atomic E-state index is -1.58. The molecule has 6 N–H and O–H groups in total. The predicted molar refractivity (Wildman–Crippen MR) is 299 cm³/mol. The zero-order valence-electron chi connectivity index (χ0n) is 44.4. The first-order valence-corrected chi connectivity index (χ1v) is 27.9. The Balaban J connectivity index is 2.20. The first-order chi connectivity index (χ1) is 34.8. The highest BCUT2D eigenvalue weighted by atomic mass is 16.7. The molecule has 7 atom stereocenters. The highest BCUT2D eigenvalue weighted by Gasteiger charge is 2.44. The van der Waals surface area contributed by atoms with Crippen molar-refractivity contribution in [2.75, 3.05) is 13.2 Å². The summed E-state index contributed by atoms with van der Waals surface area (Å²) in [6.45, 7) is 3.58. The fourth-order valence-corrected chi connectivity index (χ4v) is 7.79. The molecule has 71 heavy (non-hydrogen) atoms. The highest BCUT2D eigenvalue weighted by Crippen LogP contribution is 2.22. The van der Waals surface area contributed by atoms with Crippen LogP contribution in [0.4, 0.5) is 0 Å². The third-order valence-corrected chi connectivity index (χ3v) is 12.2. The van der Waals surface area contributed by atoms with E-state index in [4.69, 9.17) is 9.47 Å². The molecule has 0 spiro atoms. The predicted octanol–water partition coefficient (Wildman–Crippen LogP) is 13.7. The molecule has 402 valence electrons. The van der Waals surface area contributed by atoms with Crippen LogP contribution in [0.2, 0.25) is 0 Å². The van der Waals surface area contributed by atoms with Crippen molar-refractivity contribution in [1.29, 1.82) is 0 Å². The Morgan fingerprint density at radius 1 is 0.493 bits per heavy atom. The molecule has 0 saturated carbocycles. The van der Waals surface area contributed by atoms with E-state index in [1.807, 2.05) is 6.08 Å². The van der Waals surface area contributed by atoms with Crippen molar-refractivity contribution < 1.29 is 39.8 Å². The Labute approximate surface area is 432 Å². The van der Waals surface area contributed by atoms with Crippen LogP contribution in [0.5, 0.6) is 0 Å². The van der Waals surface area contributed by atoms with E-state index in [1.54, 1.807) is 6.08 Å². The number of amides is 1. The van der Waals surface area contributed by atoms with Gasteiger partial charge in [-0.25, -0.2) is 0 Å². The van der Waals surface area contributed by atoms with Crippen molar-refractivity contribution in [3.05, 3.63) is 134 Å². The molecule has 7 unspecified atom stereocenters. The van der Waals surface area contributed by atoms with E-state index in [-0.39, 0.29) is 12.5 Å². The fourth-order valence-electron chi connectivity index (χ4n) is 7.79. The van der Waals surface area contributed by atoms with Crippen molar-refractivity contribution in [3.8, 4) is 0 Å². The van der Waals surface area contributed by atoms with E-state index in [0.29, 0.717) is 6.42 Å². The maximum atomic E-state index is 13.0. The van der Waals surface area contributed by atoms with Crippen molar-refractivity contribution >= 4 is 5.91 Å². The summed E-state index contributed by atoms with van der Waals surface area (Å²) >= 11 is 0. The number of nitrogens with one attached hydrogen (secondary N) is 1. The number of aliphatic hydroxyl groups is 5. The second-order valence-electron chi connectivity index (χ2n) is 18.6. The van der Waals surface area contributed by atoms with Crippen molar-refractivity contribution in [2.24, 2.45) is 0 Å². The second kappa shape index (κ2) is 49.9. The first-order valence-electron chi connectivity index (χ1n) is 27.9. The van der Waals surface area contributed by atoms with E-state index in [1.165, 1.54) is 57.8 Å². The normalized spacial score (nSPS) is 20.4. The Morgan fingerprint density at radius 3 is 1.35 bits per heavy atom. The number of hydrogen-bond acceptors (Lipinski definition) is 8. The zero-order chi connectivity index (χ0) is 51.5. The Morgan fingerprint density at radius 2 is 0.887 bits per heavy atom. The number of unbranched alkanes of at least 4 members (excludes halogenated alkanes) is 15. The quantitative estimate of drug-likeness (QED) is 0.0261. The van der Waals surface area contributed by atoms with Crippen LogP contribution in [0, 0.1) is 0 Å². The van der Waals surface area contributed by atoms with Crippen LogP contribution in [0.1, 0.15) is 194 Å². The third kappa shape index (κ3) is 39.5. The van der Waals surface area contributed by atoms with E-state index in [0.717, 1.165) is 116 Å². The van der Waals surface area contributed by atoms with Gasteiger partial charge in [0, 0.05) is 6.42 Å². The summed E-state index contributed by atoms with van der Waals surface area (Å²) in [6, 6.07) is -0.839. The molecule has 9 heteroatoms. The lowest BCUT2D eigenvalue weighted by molar-refractivity contribution is -0.302. The molecule has 0 aromatic carbocycles. The largest absolute Gasteiger partial charge is 0.394 e. The number of hydrogen-bond donors (Lipinski definition) is 6. The number of rotatable bonds is 45. The smallest absolute Gasteiger partial charge is 0.220 e. The van der Waals surface area contributed by atoms with Gasteiger partial charge in [0.2, 0.25) is 5.91 Å². The second-order valence-corrected chi connectivity index (χ2v) is 18.6. The molecule has 9 nitrogen and oxygen atoms in total. The average Bonchev–Trinajstić information content (AvgIpc) is 3.37. The molecular weight excluding hydrogens is 887 g/mol. The van der Waals surface area contributed by atoms with Gasteiger partial charge in [-0.05, 0) is 109 Å². The lowest BCUT2D eigenvalue weighted by Crippen LogP contribution is -2.60. The van der Waals surface area contributed by atoms with Crippen LogP contribution in [0.3, 0.4) is 0 Å². The highest BCUT2D eigenvalue weighted by molar-refractivity contribution is 5.76. The lowest BCUT2D eigenvalue weighted by Gasteiger charge is -2.40. The minimum absolute atomic E-state index is 0.203. The fraction of sp³-hybridized carbons (Fsp3) is 0.629. The topological polar surface area (TPSA) is 149 Å². The van der Waals surface area contributed by atoms with Crippen molar-refractivity contribution in [3.63, 3.8) is 0 Å². The molecule has 0 radical (unpaired) electrons. The molecule has 0 bridgehead atoms. The van der Waals surface area contributed by atoms with E-state index < -0.39 is 49.5 Å². The lowest BCUT2D eigenvalue weighted by atomic mass is 9.99. The number of carbonyl (C=O) groups excluding carboxylic acids is 1. The van der Waals surface area contributed by atoms with Crippen molar-refractivity contribution in [1.82, 2.24) is 5.32 Å². The van der Waals surface area contributed by atoms with Crippen LogP contribution < -0.4 is 5.32 Å². The molecule has 1 rings (SSSR count). The summed E-state index contributed by atoms with van der Waals surface area (Å²) in [5.74, 6) is -0.203. The average molecular weight is 988 g/mol. The van der Waals surface area contributed by atoms with E-state index in [2.05, 4.69) is 141 Å². The Kier molecular flexibility index (Phi) is 45.9. The molecule has 1 heterocycles. The Bertz CT molecular complexity index is 1570. The summed E-state index contributed by atoms with van der Waals surface area (Å²) in [5.41, 5.74) is 0. The van der Waals surface area contributed by atoms with E-state index in [9.17, 15) is 30.3 Å². The van der Waals surface area contributed by atoms with Crippen LogP contribution in [0.15, 0.2) is 134 Å². The van der Waals surface area contributed by atoms with Gasteiger partial charge >= 0.3 is 0 Å². The molecule has 1 fully saturated rings. The van der Waals surface area contributed by atoms with Crippen LogP contribution in [-0.2, 0) is 14.3 Å². The van der Waals surface area contributed by atoms with Gasteiger partial charge in [-0.15, -0.1) is 0 Å². The van der Waals surface area contributed by atoms with Gasteiger partial charge in [-0.3, -0.25) is 4.79 Å². The summed E-state index contributed by atoms with van der Waals surface area (Å²) in [6.07, 6.45) is 69.4. The monoisotopic (exact) mass is 988 g/mol.